The van der Waals surface area contributed by atoms with Crippen LogP contribution in [0.1, 0.15) is 18.4 Å². The summed E-state index contributed by atoms with van der Waals surface area (Å²) in [4.78, 5) is 2.49. The van der Waals surface area contributed by atoms with Crippen molar-refractivity contribution in [3.8, 4) is 0 Å². The van der Waals surface area contributed by atoms with Crippen molar-refractivity contribution in [2.45, 2.75) is 37.7 Å². The van der Waals surface area contributed by atoms with E-state index in [4.69, 9.17) is 0 Å². The van der Waals surface area contributed by atoms with E-state index in [2.05, 4.69) is 40.5 Å². The SMILES string of the molecule is OC1CC2C(CCN2Cc2ccccc2)N1. The minimum Gasteiger partial charge on any atom is -0.379 e. The van der Waals surface area contributed by atoms with Crippen LogP contribution in [0, 0.1) is 0 Å². The third-order valence-corrected chi connectivity index (χ3v) is 3.76. The standard InChI is InChI=1S/C13H18N2O/c16-13-8-12-11(14-13)6-7-15(12)9-10-4-2-1-3-5-10/h1-5,11-14,16H,6-9H2. The predicted molar refractivity (Wildman–Crippen MR) is 62.8 cm³/mol. The summed E-state index contributed by atoms with van der Waals surface area (Å²) in [5, 5.41) is 12.8. The van der Waals surface area contributed by atoms with Crippen molar-refractivity contribution >= 4 is 0 Å². The molecule has 0 spiro atoms. The average molecular weight is 218 g/mol. The molecule has 3 heteroatoms. The van der Waals surface area contributed by atoms with Crippen LogP contribution in [-0.4, -0.2) is 34.9 Å². The fourth-order valence-corrected chi connectivity index (χ4v) is 2.98. The summed E-state index contributed by atoms with van der Waals surface area (Å²) in [6.45, 7) is 2.15. The van der Waals surface area contributed by atoms with Gasteiger partial charge in [0.1, 0.15) is 6.23 Å². The first kappa shape index (κ1) is 10.3. The molecule has 2 fully saturated rings. The minimum atomic E-state index is -0.298. The molecule has 0 radical (unpaired) electrons. The van der Waals surface area contributed by atoms with Crippen molar-refractivity contribution in [2.24, 2.45) is 0 Å². The zero-order valence-electron chi connectivity index (χ0n) is 9.34. The quantitative estimate of drug-likeness (QED) is 0.775. The number of hydrogen-bond acceptors (Lipinski definition) is 3. The molecule has 1 aromatic rings. The van der Waals surface area contributed by atoms with E-state index in [1.807, 2.05) is 0 Å². The monoisotopic (exact) mass is 218 g/mol. The predicted octanol–water partition coefficient (Wildman–Crippen LogP) is 0.941. The van der Waals surface area contributed by atoms with Crippen LogP contribution in [0.15, 0.2) is 30.3 Å². The summed E-state index contributed by atoms with van der Waals surface area (Å²) in [6.07, 6.45) is 1.74. The second-order valence-electron chi connectivity index (χ2n) is 4.84. The minimum absolute atomic E-state index is 0.298. The highest BCUT2D eigenvalue weighted by Crippen LogP contribution is 2.28. The Bertz CT molecular complexity index is 354. The number of fused-ring (bicyclic) bond motifs is 1. The summed E-state index contributed by atoms with van der Waals surface area (Å²) < 4.78 is 0. The summed E-state index contributed by atoms with van der Waals surface area (Å²) in [5.41, 5.74) is 1.37. The molecule has 3 nitrogen and oxygen atoms in total. The summed E-state index contributed by atoms with van der Waals surface area (Å²) >= 11 is 0. The molecule has 3 rings (SSSR count). The second kappa shape index (κ2) is 4.17. The summed E-state index contributed by atoms with van der Waals surface area (Å²) in [7, 11) is 0. The number of benzene rings is 1. The highest BCUT2D eigenvalue weighted by Gasteiger charge is 2.40. The van der Waals surface area contributed by atoms with Crippen LogP contribution in [0.4, 0.5) is 0 Å². The van der Waals surface area contributed by atoms with Gasteiger partial charge < -0.3 is 5.11 Å². The van der Waals surface area contributed by atoms with E-state index in [0.29, 0.717) is 12.1 Å². The number of hydrogen-bond donors (Lipinski definition) is 2. The van der Waals surface area contributed by atoms with E-state index in [1.54, 1.807) is 0 Å². The van der Waals surface area contributed by atoms with Crippen molar-refractivity contribution in [1.29, 1.82) is 0 Å². The van der Waals surface area contributed by atoms with Gasteiger partial charge >= 0.3 is 0 Å². The Kier molecular flexibility index (Phi) is 2.67. The van der Waals surface area contributed by atoms with Crippen molar-refractivity contribution in [2.75, 3.05) is 6.54 Å². The molecule has 16 heavy (non-hydrogen) atoms. The highest BCUT2D eigenvalue weighted by molar-refractivity contribution is 5.15. The third kappa shape index (κ3) is 1.86. The average Bonchev–Trinajstić information content (AvgIpc) is 2.81. The van der Waals surface area contributed by atoms with Crippen molar-refractivity contribution in [1.82, 2.24) is 10.2 Å². The van der Waals surface area contributed by atoms with E-state index in [1.165, 1.54) is 5.56 Å². The van der Waals surface area contributed by atoms with E-state index >= 15 is 0 Å². The van der Waals surface area contributed by atoms with Crippen LogP contribution in [0.2, 0.25) is 0 Å². The van der Waals surface area contributed by atoms with Gasteiger partial charge in [-0.1, -0.05) is 30.3 Å². The lowest BCUT2D eigenvalue weighted by Gasteiger charge is -2.22. The maximum atomic E-state index is 9.58. The maximum Gasteiger partial charge on any atom is 0.106 e. The number of nitrogens with one attached hydrogen (secondary N) is 1. The maximum absolute atomic E-state index is 9.58. The molecule has 1 aromatic carbocycles. The van der Waals surface area contributed by atoms with Crippen molar-refractivity contribution < 1.29 is 5.11 Å². The van der Waals surface area contributed by atoms with E-state index in [9.17, 15) is 5.11 Å². The second-order valence-corrected chi connectivity index (χ2v) is 4.84. The highest BCUT2D eigenvalue weighted by atomic mass is 16.3. The molecule has 2 aliphatic rings. The first-order chi connectivity index (χ1) is 7.83. The molecule has 3 atom stereocenters. The van der Waals surface area contributed by atoms with Crippen LogP contribution >= 0.6 is 0 Å². The van der Waals surface area contributed by atoms with Crippen LogP contribution in [0.5, 0.6) is 0 Å². The zero-order chi connectivity index (χ0) is 11.0. The Morgan fingerprint density at radius 1 is 1.31 bits per heavy atom. The Labute approximate surface area is 96.1 Å². The Balaban J connectivity index is 1.68. The lowest BCUT2D eigenvalue weighted by Crippen LogP contribution is -2.34. The lowest BCUT2D eigenvalue weighted by atomic mass is 10.1. The number of likely N-dealkylation sites (tertiary alicyclic amines) is 1. The first-order valence-electron chi connectivity index (χ1n) is 6.05. The molecular weight excluding hydrogens is 200 g/mol. The fraction of sp³-hybridized carbons (Fsp3) is 0.538. The molecule has 0 aromatic heterocycles. The van der Waals surface area contributed by atoms with Gasteiger partial charge in [0.2, 0.25) is 0 Å². The van der Waals surface area contributed by atoms with Gasteiger partial charge in [0.15, 0.2) is 0 Å². The molecule has 0 bridgehead atoms. The third-order valence-electron chi connectivity index (χ3n) is 3.76. The number of aliphatic hydroxyl groups is 1. The van der Waals surface area contributed by atoms with E-state index in [-0.39, 0.29) is 6.23 Å². The smallest absolute Gasteiger partial charge is 0.106 e. The van der Waals surface area contributed by atoms with Gasteiger partial charge in [0, 0.05) is 31.6 Å². The zero-order valence-corrected chi connectivity index (χ0v) is 9.34. The lowest BCUT2D eigenvalue weighted by molar-refractivity contribution is 0.137. The van der Waals surface area contributed by atoms with E-state index in [0.717, 1.165) is 25.9 Å². The van der Waals surface area contributed by atoms with Gasteiger partial charge in [0.25, 0.3) is 0 Å². The molecule has 86 valence electrons. The molecule has 2 saturated heterocycles. The molecule has 3 unspecified atom stereocenters. The topological polar surface area (TPSA) is 35.5 Å². The molecule has 2 N–H and O–H groups in total. The first-order valence-corrected chi connectivity index (χ1v) is 6.05. The Morgan fingerprint density at radius 2 is 2.12 bits per heavy atom. The molecule has 0 aliphatic carbocycles. The number of aliphatic hydroxyl groups excluding tert-OH is 1. The van der Waals surface area contributed by atoms with Crippen LogP contribution < -0.4 is 5.32 Å². The van der Waals surface area contributed by atoms with E-state index < -0.39 is 0 Å². The van der Waals surface area contributed by atoms with Gasteiger partial charge in [-0.3, -0.25) is 10.2 Å². The largest absolute Gasteiger partial charge is 0.379 e. The molecule has 0 amide bonds. The Morgan fingerprint density at radius 3 is 2.94 bits per heavy atom. The van der Waals surface area contributed by atoms with Crippen LogP contribution in [0.3, 0.4) is 0 Å². The van der Waals surface area contributed by atoms with Gasteiger partial charge in [-0.2, -0.15) is 0 Å². The molecule has 2 heterocycles. The summed E-state index contributed by atoms with van der Waals surface area (Å²) in [6, 6.07) is 11.6. The van der Waals surface area contributed by atoms with Crippen LogP contribution in [0.25, 0.3) is 0 Å². The number of nitrogens with zero attached hydrogens (tertiary/aromatic N) is 1. The van der Waals surface area contributed by atoms with Gasteiger partial charge in [-0.15, -0.1) is 0 Å². The van der Waals surface area contributed by atoms with Gasteiger partial charge in [0.05, 0.1) is 0 Å². The van der Waals surface area contributed by atoms with Crippen molar-refractivity contribution in [3.63, 3.8) is 0 Å². The van der Waals surface area contributed by atoms with Crippen molar-refractivity contribution in [3.05, 3.63) is 35.9 Å². The molecule has 0 saturated carbocycles. The normalized spacial score (nSPS) is 34.2. The molecular formula is C13H18N2O. The molecule has 2 aliphatic heterocycles. The number of rotatable bonds is 2. The van der Waals surface area contributed by atoms with Gasteiger partial charge in [-0.25, -0.2) is 0 Å². The fourth-order valence-electron chi connectivity index (χ4n) is 2.98. The Hall–Kier alpha value is -0.900. The van der Waals surface area contributed by atoms with Crippen LogP contribution in [-0.2, 0) is 6.54 Å². The van der Waals surface area contributed by atoms with Gasteiger partial charge in [-0.05, 0) is 12.0 Å². The summed E-state index contributed by atoms with van der Waals surface area (Å²) in [5.74, 6) is 0.